The predicted octanol–water partition coefficient (Wildman–Crippen LogP) is 3.73. The average Bonchev–Trinajstić information content (AvgIpc) is 3.10. The average molecular weight is 382 g/mol. The van der Waals surface area contributed by atoms with Crippen LogP contribution in [-0.2, 0) is 11.3 Å². The highest BCUT2D eigenvalue weighted by Gasteiger charge is 2.26. The zero-order valence-electron chi connectivity index (χ0n) is 14.0. The van der Waals surface area contributed by atoms with E-state index in [9.17, 15) is 4.79 Å². The first-order valence-electron chi connectivity index (χ1n) is 8.27. The Balaban J connectivity index is 1.51. The summed E-state index contributed by atoms with van der Waals surface area (Å²) in [5, 5.41) is 3.87. The highest BCUT2D eigenvalue weighted by atomic mass is 35.5. The molecule has 1 aliphatic heterocycles. The number of nitrogens with zero attached hydrogens (tertiary/aromatic N) is 2. The number of anilines is 1. The van der Waals surface area contributed by atoms with Crippen molar-refractivity contribution in [1.29, 1.82) is 0 Å². The summed E-state index contributed by atoms with van der Waals surface area (Å²) in [6, 6.07) is 8.71. The maximum Gasteiger partial charge on any atom is 0.241 e. The normalized spacial score (nSPS) is 17.4. The Labute approximate surface area is 157 Å². The molecule has 1 aromatic heterocycles. The summed E-state index contributed by atoms with van der Waals surface area (Å²) in [4.78, 5) is 17.0. The number of piperazine rings is 1. The van der Waals surface area contributed by atoms with Crippen LogP contribution in [-0.4, -0.2) is 47.9 Å². The molecule has 2 aromatic rings. The van der Waals surface area contributed by atoms with Gasteiger partial charge in [0, 0.05) is 31.2 Å². The predicted molar refractivity (Wildman–Crippen MR) is 100 cm³/mol. The van der Waals surface area contributed by atoms with Crippen molar-refractivity contribution >= 4 is 34.8 Å². The topological polar surface area (TPSA) is 48.7 Å². The van der Waals surface area contributed by atoms with Crippen molar-refractivity contribution in [2.75, 3.05) is 31.5 Å². The first-order valence-corrected chi connectivity index (χ1v) is 9.03. The number of carbonyl (C=O) groups is 1. The van der Waals surface area contributed by atoms with Crippen LogP contribution in [0.5, 0.6) is 0 Å². The van der Waals surface area contributed by atoms with Crippen molar-refractivity contribution in [3.63, 3.8) is 0 Å². The Morgan fingerprint density at radius 1 is 1.24 bits per heavy atom. The van der Waals surface area contributed by atoms with Crippen LogP contribution in [0.3, 0.4) is 0 Å². The van der Waals surface area contributed by atoms with E-state index in [4.69, 9.17) is 27.6 Å². The molecule has 0 saturated carbocycles. The molecule has 134 valence electrons. The number of nitrogens with one attached hydrogen (secondary N) is 1. The highest BCUT2D eigenvalue weighted by molar-refractivity contribution is 6.36. The smallest absolute Gasteiger partial charge is 0.241 e. The number of hydrogen-bond donors (Lipinski definition) is 1. The van der Waals surface area contributed by atoms with Gasteiger partial charge in [-0.05, 0) is 37.3 Å². The minimum absolute atomic E-state index is 0.0660. The molecule has 7 heteroatoms. The molecule has 25 heavy (non-hydrogen) atoms. The molecular formula is C18H21Cl2N3O2. The fraction of sp³-hybridized carbons (Fsp3) is 0.389. The monoisotopic (exact) mass is 381 g/mol. The second-order valence-corrected chi connectivity index (χ2v) is 7.02. The van der Waals surface area contributed by atoms with Gasteiger partial charge in [0.15, 0.2) is 0 Å². The number of rotatable bonds is 5. The highest BCUT2D eigenvalue weighted by Crippen LogP contribution is 2.25. The molecule has 1 aliphatic rings. The molecule has 0 aliphatic carbocycles. The minimum Gasteiger partial charge on any atom is -0.468 e. The van der Waals surface area contributed by atoms with Crippen LogP contribution in [0, 0.1) is 0 Å². The largest absolute Gasteiger partial charge is 0.468 e. The summed E-state index contributed by atoms with van der Waals surface area (Å²) >= 11 is 12.0. The van der Waals surface area contributed by atoms with Gasteiger partial charge in [0.2, 0.25) is 5.91 Å². The molecule has 1 aromatic carbocycles. The summed E-state index contributed by atoms with van der Waals surface area (Å²) in [5.41, 5.74) is 0.583. The molecular weight excluding hydrogens is 361 g/mol. The van der Waals surface area contributed by atoms with Crippen molar-refractivity contribution in [1.82, 2.24) is 9.80 Å². The molecule has 5 nitrogen and oxygen atoms in total. The standard InChI is InChI=1S/C18H21Cl2N3O2/c1-13(18(24)21-17-5-4-14(19)11-16(17)20)23-8-6-22(7-9-23)12-15-3-2-10-25-15/h2-5,10-11,13H,6-9,12H2,1H3,(H,21,24)/t13-/m0/s1. The third-order valence-electron chi connectivity index (χ3n) is 4.48. The molecule has 1 fully saturated rings. The molecule has 0 unspecified atom stereocenters. The molecule has 3 rings (SSSR count). The zero-order chi connectivity index (χ0) is 17.8. The van der Waals surface area contributed by atoms with Gasteiger partial charge in [0.1, 0.15) is 5.76 Å². The van der Waals surface area contributed by atoms with E-state index in [0.717, 1.165) is 38.5 Å². The van der Waals surface area contributed by atoms with Crippen LogP contribution in [0.1, 0.15) is 12.7 Å². The quantitative estimate of drug-likeness (QED) is 0.856. The molecule has 0 bridgehead atoms. The Morgan fingerprint density at radius 3 is 2.64 bits per heavy atom. The maximum atomic E-state index is 12.5. The first-order chi connectivity index (χ1) is 12.0. The fourth-order valence-electron chi connectivity index (χ4n) is 2.93. The SMILES string of the molecule is C[C@@H](C(=O)Nc1ccc(Cl)cc1Cl)N1CCN(Cc2ccco2)CC1. The van der Waals surface area contributed by atoms with E-state index in [1.165, 1.54) is 0 Å². The molecule has 1 amide bonds. The second-order valence-electron chi connectivity index (χ2n) is 6.18. The number of hydrogen-bond acceptors (Lipinski definition) is 4. The molecule has 1 atom stereocenters. The number of benzene rings is 1. The van der Waals surface area contributed by atoms with Gasteiger partial charge < -0.3 is 9.73 Å². The van der Waals surface area contributed by atoms with E-state index < -0.39 is 0 Å². The summed E-state index contributed by atoms with van der Waals surface area (Å²) in [7, 11) is 0. The Kier molecular flexibility index (Phi) is 6.02. The van der Waals surface area contributed by atoms with Gasteiger partial charge in [-0.1, -0.05) is 23.2 Å². The van der Waals surface area contributed by atoms with Crippen LogP contribution >= 0.6 is 23.2 Å². The molecule has 1 N–H and O–H groups in total. The first kappa shape index (κ1) is 18.3. The number of halogens is 2. The zero-order valence-corrected chi connectivity index (χ0v) is 15.6. The molecule has 2 heterocycles. The van der Waals surface area contributed by atoms with Gasteiger partial charge >= 0.3 is 0 Å². The minimum atomic E-state index is -0.225. The molecule has 0 spiro atoms. The lowest BCUT2D eigenvalue weighted by Crippen LogP contribution is -2.52. The van der Waals surface area contributed by atoms with Gasteiger partial charge in [-0.15, -0.1) is 0 Å². The van der Waals surface area contributed by atoms with Gasteiger partial charge in [-0.2, -0.15) is 0 Å². The van der Waals surface area contributed by atoms with Crippen molar-refractivity contribution in [3.05, 3.63) is 52.4 Å². The summed E-state index contributed by atoms with van der Waals surface area (Å²) in [6.45, 7) is 6.20. The Hall–Kier alpha value is -1.53. The second kappa shape index (κ2) is 8.23. The van der Waals surface area contributed by atoms with Crippen molar-refractivity contribution < 1.29 is 9.21 Å². The molecule has 0 radical (unpaired) electrons. The van der Waals surface area contributed by atoms with E-state index in [2.05, 4.69) is 15.1 Å². The number of amides is 1. The third kappa shape index (κ3) is 4.76. The fourth-order valence-corrected chi connectivity index (χ4v) is 3.38. The number of furan rings is 1. The lowest BCUT2D eigenvalue weighted by Gasteiger charge is -2.37. The van der Waals surface area contributed by atoms with E-state index in [1.54, 1.807) is 24.5 Å². The van der Waals surface area contributed by atoms with Gasteiger partial charge in [-0.3, -0.25) is 14.6 Å². The Morgan fingerprint density at radius 2 is 2.00 bits per heavy atom. The van der Waals surface area contributed by atoms with Crippen LogP contribution in [0.2, 0.25) is 10.0 Å². The van der Waals surface area contributed by atoms with Gasteiger partial charge in [0.05, 0.1) is 29.6 Å². The van der Waals surface area contributed by atoms with Crippen LogP contribution in [0.4, 0.5) is 5.69 Å². The summed E-state index contributed by atoms with van der Waals surface area (Å²) in [6.07, 6.45) is 1.69. The van der Waals surface area contributed by atoms with Crippen molar-refractivity contribution in [2.24, 2.45) is 0 Å². The number of carbonyl (C=O) groups excluding carboxylic acids is 1. The van der Waals surface area contributed by atoms with Crippen molar-refractivity contribution in [2.45, 2.75) is 19.5 Å². The van der Waals surface area contributed by atoms with Gasteiger partial charge in [-0.25, -0.2) is 0 Å². The Bertz CT molecular complexity index is 713. The van der Waals surface area contributed by atoms with E-state index in [1.807, 2.05) is 19.1 Å². The summed E-state index contributed by atoms with van der Waals surface area (Å²) in [5.74, 6) is 0.903. The van der Waals surface area contributed by atoms with E-state index >= 15 is 0 Å². The van der Waals surface area contributed by atoms with E-state index in [0.29, 0.717) is 15.7 Å². The molecule has 1 saturated heterocycles. The van der Waals surface area contributed by atoms with Crippen LogP contribution in [0.15, 0.2) is 41.0 Å². The van der Waals surface area contributed by atoms with Crippen LogP contribution in [0.25, 0.3) is 0 Å². The maximum absolute atomic E-state index is 12.5. The van der Waals surface area contributed by atoms with Gasteiger partial charge in [0.25, 0.3) is 0 Å². The third-order valence-corrected chi connectivity index (χ3v) is 5.03. The van der Waals surface area contributed by atoms with Crippen LogP contribution < -0.4 is 5.32 Å². The lowest BCUT2D eigenvalue weighted by atomic mass is 10.2. The van der Waals surface area contributed by atoms with E-state index in [-0.39, 0.29) is 11.9 Å². The summed E-state index contributed by atoms with van der Waals surface area (Å²) < 4.78 is 5.39. The van der Waals surface area contributed by atoms with Crippen molar-refractivity contribution in [3.8, 4) is 0 Å². The lowest BCUT2D eigenvalue weighted by molar-refractivity contribution is -0.121.